The fraction of sp³-hybridized carbons (Fsp3) is 0.800. The number of nitrogens with zero attached hydrogens (tertiary/aromatic N) is 1. The van der Waals surface area contributed by atoms with Crippen molar-refractivity contribution in [3.8, 4) is 0 Å². The summed E-state index contributed by atoms with van der Waals surface area (Å²) in [6.45, 7) is 1.77. The minimum atomic E-state index is -0.952. The molecule has 0 aromatic heterocycles. The van der Waals surface area contributed by atoms with Crippen LogP contribution in [0.3, 0.4) is 0 Å². The van der Waals surface area contributed by atoms with Gasteiger partial charge in [-0.25, -0.2) is 4.79 Å². The minimum absolute atomic E-state index is 0.0463. The van der Waals surface area contributed by atoms with Gasteiger partial charge in [0.2, 0.25) is 5.91 Å². The highest BCUT2D eigenvalue weighted by Gasteiger charge is 2.52. The molecule has 2 N–H and O–H groups in total. The molecule has 4 atom stereocenters. The topological polar surface area (TPSA) is 77.8 Å². The van der Waals surface area contributed by atoms with Crippen LogP contribution in [0.1, 0.15) is 19.8 Å². The van der Waals surface area contributed by atoms with E-state index < -0.39 is 18.1 Å². The van der Waals surface area contributed by atoms with Crippen molar-refractivity contribution in [3.05, 3.63) is 0 Å². The fourth-order valence-electron chi connectivity index (χ4n) is 2.94. The number of carboxylic acids is 1. The maximum atomic E-state index is 11.3. The van der Waals surface area contributed by atoms with Crippen molar-refractivity contribution >= 4 is 11.9 Å². The zero-order valence-electron chi connectivity index (χ0n) is 8.59. The van der Waals surface area contributed by atoms with Gasteiger partial charge in [0.05, 0.1) is 6.10 Å². The molecule has 0 aromatic rings. The van der Waals surface area contributed by atoms with Crippen LogP contribution in [-0.4, -0.2) is 45.7 Å². The number of rotatable bonds is 1. The molecule has 0 bridgehead atoms. The first-order valence-corrected chi connectivity index (χ1v) is 5.20. The van der Waals surface area contributed by atoms with Gasteiger partial charge in [0.15, 0.2) is 0 Å². The van der Waals surface area contributed by atoms with Gasteiger partial charge in [-0.3, -0.25) is 4.79 Å². The maximum Gasteiger partial charge on any atom is 0.326 e. The molecular weight excluding hydrogens is 198 g/mol. The van der Waals surface area contributed by atoms with Crippen LogP contribution in [0.5, 0.6) is 0 Å². The van der Waals surface area contributed by atoms with Crippen molar-refractivity contribution in [1.82, 2.24) is 4.90 Å². The summed E-state index contributed by atoms with van der Waals surface area (Å²) in [5.74, 6) is -1.28. The third-order valence-corrected chi connectivity index (χ3v) is 3.65. The number of hydrogen-bond acceptors (Lipinski definition) is 3. The highest BCUT2D eigenvalue weighted by molar-refractivity contribution is 5.83. The van der Waals surface area contributed by atoms with Gasteiger partial charge >= 0.3 is 5.97 Å². The summed E-state index contributed by atoms with van der Waals surface area (Å²) >= 11 is 0. The van der Waals surface area contributed by atoms with E-state index >= 15 is 0 Å². The largest absolute Gasteiger partial charge is 0.480 e. The Labute approximate surface area is 87.7 Å². The number of carbonyl (C=O) groups is 2. The van der Waals surface area contributed by atoms with Gasteiger partial charge in [-0.1, -0.05) is 0 Å². The Hall–Kier alpha value is -1.10. The van der Waals surface area contributed by atoms with E-state index in [0.29, 0.717) is 19.4 Å². The van der Waals surface area contributed by atoms with E-state index in [1.54, 1.807) is 0 Å². The summed E-state index contributed by atoms with van der Waals surface area (Å²) in [6.07, 6.45) is 0.915. The second kappa shape index (κ2) is 3.48. The number of aliphatic hydroxyl groups is 1. The van der Waals surface area contributed by atoms with Crippen LogP contribution in [-0.2, 0) is 9.59 Å². The lowest BCUT2D eigenvalue weighted by atomic mass is 9.93. The second-order valence-corrected chi connectivity index (χ2v) is 4.43. The van der Waals surface area contributed by atoms with Gasteiger partial charge in [-0.2, -0.15) is 0 Å². The molecule has 1 saturated carbocycles. The van der Waals surface area contributed by atoms with Gasteiger partial charge in [-0.15, -0.1) is 0 Å². The van der Waals surface area contributed by atoms with Crippen LogP contribution in [0, 0.1) is 11.8 Å². The third kappa shape index (κ3) is 1.51. The van der Waals surface area contributed by atoms with E-state index in [-0.39, 0.29) is 17.7 Å². The number of hydrogen-bond donors (Lipinski definition) is 2. The molecule has 84 valence electrons. The minimum Gasteiger partial charge on any atom is -0.480 e. The Morgan fingerprint density at radius 3 is 2.47 bits per heavy atom. The molecule has 2 rings (SSSR count). The average molecular weight is 213 g/mol. The molecule has 1 aliphatic heterocycles. The van der Waals surface area contributed by atoms with Gasteiger partial charge < -0.3 is 15.1 Å². The van der Waals surface area contributed by atoms with E-state index in [2.05, 4.69) is 0 Å². The molecule has 1 saturated heterocycles. The highest BCUT2D eigenvalue weighted by atomic mass is 16.4. The van der Waals surface area contributed by atoms with Gasteiger partial charge in [0.1, 0.15) is 6.04 Å². The van der Waals surface area contributed by atoms with Crippen LogP contribution in [0.4, 0.5) is 0 Å². The van der Waals surface area contributed by atoms with Crippen molar-refractivity contribution in [2.24, 2.45) is 11.8 Å². The monoisotopic (exact) mass is 213 g/mol. The molecule has 15 heavy (non-hydrogen) atoms. The van der Waals surface area contributed by atoms with Crippen LogP contribution in [0.2, 0.25) is 0 Å². The van der Waals surface area contributed by atoms with Crippen molar-refractivity contribution in [1.29, 1.82) is 0 Å². The predicted molar refractivity (Wildman–Crippen MR) is 51.0 cm³/mol. The van der Waals surface area contributed by atoms with Crippen LogP contribution in [0.15, 0.2) is 0 Å². The molecule has 0 spiro atoms. The molecule has 5 nitrogen and oxygen atoms in total. The number of carboxylic acid groups (broad SMARTS) is 1. The van der Waals surface area contributed by atoms with E-state index in [1.165, 1.54) is 11.8 Å². The maximum absolute atomic E-state index is 11.3. The Morgan fingerprint density at radius 2 is 1.93 bits per heavy atom. The molecule has 5 heteroatoms. The normalized spacial score (nSPS) is 39.2. The van der Waals surface area contributed by atoms with Gasteiger partial charge in [-0.05, 0) is 18.8 Å². The van der Waals surface area contributed by atoms with Crippen molar-refractivity contribution in [3.63, 3.8) is 0 Å². The Balaban J connectivity index is 2.24. The quantitative estimate of drug-likeness (QED) is 0.626. The number of amides is 1. The van der Waals surface area contributed by atoms with E-state index in [9.17, 15) is 14.7 Å². The molecule has 1 amide bonds. The number of fused-ring (bicyclic) bond motifs is 1. The lowest BCUT2D eigenvalue weighted by molar-refractivity contribution is -0.148. The molecule has 0 radical (unpaired) electrons. The van der Waals surface area contributed by atoms with Crippen molar-refractivity contribution in [2.75, 3.05) is 6.54 Å². The Morgan fingerprint density at radius 1 is 1.27 bits per heavy atom. The van der Waals surface area contributed by atoms with E-state index in [4.69, 9.17) is 5.11 Å². The Kier molecular flexibility index (Phi) is 2.42. The summed E-state index contributed by atoms with van der Waals surface area (Å²) < 4.78 is 0. The van der Waals surface area contributed by atoms with Crippen molar-refractivity contribution in [2.45, 2.75) is 31.9 Å². The number of carbonyl (C=O) groups excluding carboxylic acids is 1. The molecule has 1 heterocycles. The zero-order chi connectivity index (χ0) is 11.2. The molecule has 2 fully saturated rings. The Bertz CT molecular complexity index is 304. The SMILES string of the molecule is CC(=O)N1C[C@@H]2C(O)CC[C@@H]2[C@H]1C(=O)O. The molecule has 0 aromatic carbocycles. The zero-order valence-corrected chi connectivity index (χ0v) is 8.59. The third-order valence-electron chi connectivity index (χ3n) is 3.65. The molecule has 1 unspecified atom stereocenters. The number of aliphatic carboxylic acids is 1. The fourth-order valence-corrected chi connectivity index (χ4v) is 2.94. The van der Waals surface area contributed by atoms with Gasteiger partial charge in [0.25, 0.3) is 0 Å². The van der Waals surface area contributed by atoms with Crippen LogP contribution in [0.25, 0.3) is 0 Å². The molecule has 1 aliphatic carbocycles. The average Bonchev–Trinajstić information content (AvgIpc) is 2.65. The van der Waals surface area contributed by atoms with Crippen molar-refractivity contribution < 1.29 is 19.8 Å². The smallest absolute Gasteiger partial charge is 0.326 e. The van der Waals surface area contributed by atoms with E-state index in [0.717, 1.165) is 0 Å². The lowest BCUT2D eigenvalue weighted by Gasteiger charge is -2.22. The highest BCUT2D eigenvalue weighted by Crippen LogP contribution is 2.42. The summed E-state index contributed by atoms with van der Waals surface area (Å²) in [4.78, 5) is 23.7. The van der Waals surface area contributed by atoms with Gasteiger partial charge in [0, 0.05) is 19.4 Å². The summed E-state index contributed by atoms with van der Waals surface area (Å²) in [6, 6.07) is -0.732. The first kappa shape index (κ1) is 10.4. The summed E-state index contributed by atoms with van der Waals surface area (Å²) in [5, 5.41) is 18.8. The first-order valence-electron chi connectivity index (χ1n) is 5.20. The first-order chi connectivity index (χ1) is 7.02. The summed E-state index contributed by atoms with van der Waals surface area (Å²) in [7, 11) is 0. The van der Waals surface area contributed by atoms with Crippen LogP contribution < -0.4 is 0 Å². The lowest BCUT2D eigenvalue weighted by Crippen LogP contribution is -2.42. The molecular formula is C10H15NO4. The molecule has 2 aliphatic rings. The standard InChI is InChI=1S/C10H15NO4/c1-5(12)11-4-7-6(2-3-8(7)13)9(11)10(14)15/h6-9,13H,2-4H2,1H3,(H,14,15)/t6-,7-,8?,9-/m0/s1. The van der Waals surface area contributed by atoms with E-state index in [1.807, 2.05) is 0 Å². The predicted octanol–water partition coefficient (Wildman–Crippen LogP) is -0.311. The number of aliphatic hydroxyl groups excluding tert-OH is 1. The second-order valence-electron chi connectivity index (χ2n) is 4.43. The summed E-state index contributed by atoms with van der Waals surface area (Å²) in [5.41, 5.74) is 0. The number of likely N-dealkylation sites (tertiary alicyclic amines) is 1. The van der Waals surface area contributed by atoms with Crippen LogP contribution >= 0.6 is 0 Å².